The topological polar surface area (TPSA) is 93.1 Å². The molecule has 0 fully saturated rings. The molecule has 2 N–H and O–H groups in total. The van der Waals surface area contributed by atoms with E-state index in [9.17, 15) is 19.8 Å². The van der Waals surface area contributed by atoms with Crippen molar-refractivity contribution in [1.82, 2.24) is 0 Å². The molecule has 0 aliphatic heterocycles. The lowest BCUT2D eigenvalue weighted by molar-refractivity contribution is -0.146. The quantitative estimate of drug-likeness (QED) is 0.158. The Labute approximate surface area is 272 Å². The van der Waals surface area contributed by atoms with Crippen LogP contribution in [0, 0.1) is 0 Å². The molecule has 2 unspecified atom stereocenters. The van der Waals surface area contributed by atoms with Crippen molar-refractivity contribution in [3.05, 3.63) is 144 Å². The molecule has 0 aromatic heterocycles. The van der Waals surface area contributed by atoms with Gasteiger partial charge >= 0.3 is 11.9 Å². The summed E-state index contributed by atoms with van der Waals surface area (Å²) in [6.45, 7) is 3.59. The van der Waals surface area contributed by atoms with Crippen LogP contribution >= 0.6 is 0 Å². The van der Waals surface area contributed by atoms with E-state index in [0.717, 1.165) is 32.7 Å². The molecule has 1 aliphatic carbocycles. The Bertz CT molecular complexity index is 2010. The summed E-state index contributed by atoms with van der Waals surface area (Å²) in [4.78, 5) is 23.2. The molecule has 47 heavy (non-hydrogen) atoms. The van der Waals surface area contributed by atoms with Gasteiger partial charge < -0.3 is 19.7 Å². The minimum atomic E-state index is -0.979. The number of carboxylic acids is 2. The maximum absolute atomic E-state index is 11.6. The lowest BCUT2D eigenvalue weighted by Crippen LogP contribution is -2.28. The second-order valence-corrected chi connectivity index (χ2v) is 12.0. The van der Waals surface area contributed by atoms with E-state index in [-0.39, 0.29) is 0 Å². The molecule has 0 amide bonds. The monoisotopic (exact) mass is 622 g/mol. The van der Waals surface area contributed by atoms with E-state index in [4.69, 9.17) is 9.47 Å². The highest BCUT2D eigenvalue weighted by atomic mass is 16.5. The van der Waals surface area contributed by atoms with Crippen LogP contribution in [0.25, 0.3) is 32.7 Å². The first-order chi connectivity index (χ1) is 22.8. The first kappa shape index (κ1) is 30.1. The highest BCUT2D eigenvalue weighted by Gasteiger charge is 2.46. The first-order valence-electron chi connectivity index (χ1n) is 15.9. The number of carbonyl (C=O) groups is 2. The summed E-state index contributed by atoms with van der Waals surface area (Å²) in [7, 11) is 0. The van der Waals surface area contributed by atoms with E-state index in [1.165, 1.54) is 22.3 Å². The van der Waals surface area contributed by atoms with E-state index >= 15 is 0 Å². The molecule has 0 saturated carbocycles. The average molecular weight is 623 g/mol. The molecule has 0 heterocycles. The highest BCUT2D eigenvalue weighted by molar-refractivity contribution is 5.92. The molecular formula is C41H34O6. The van der Waals surface area contributed by atoms with Gasteiger partial charge in [0.1, 0.15) is 11.5 Å². The van der Waals surface area contributed by atoms with E-state index in [0.29, 0.717) is 24.3 Å². The molecule has 6 nitrogen and oxygen atoms in total. The van der Waals surface area contributed by atoms with Gasteiger partial charge in [0.2, 0.25) is 0 Å². The van der Waals surface area contributed by atoms with Gasteiger partial charge in [-0.1, -0.05) is 98.8 Å². The Morgan fingerprint density at radius 2 is 0.936 bits per heavy atom. The summed E-state index contributed by atoms with van der Waals surface area (Å²) < 4.78 is 11.6. The molecule has 0 spiro atoms. The molecule has 234 valence electrons. The SMILES string of the molecule is CCC(Oc1ccc2cc(C3(c4ccc5cc(OC(CC)C(=O)O)ccc5c4)c4ccccc4-c4ccccc43)ccc2c1)C(=O)O. The zero-order valence-electron chi connectivity index (χ0n) is 26.1. The van der Waals surface area contributed by atoms with Gasteiger partial charge in [0.15, 0.2) is 12.2 Å². The third-order valence-electron chi connectivity index (χ3n) is 9.29. The third-order valence-corrected chi connectivity index (χ3v) is 9.29. The lowest BCUT2D eigenvalue weighted by Gasteiger charge is -2.34. The summed E-state index contributed by atoms with van der Waals surface area (Å²) in [6.07, 6.45) is -1.06. The molecule has 7 rings (SSSR count). The van der Waals surface area contributed by atoms with Crippen LogP contribution in [0.5, 0.6) is 11.5 Å². The molecule has 2 atom stereocenters. The summed E-state index contributed by atoms with van der Waals surface area (Å²) in [5.74, 6) is -0.907. The number of fused-ring (bicyclic) bond motifs is 5. The maximum atomic E-state index is 11.6. The minimum Gasteiger partial charge on any atom is -0.479 e. The van der Waals surface area contributed by atoms with Crippen molar-refractivity contribution >= 4 is 33.5 Å². The summed E-state index contributed by atoms with van der Waals surface area (Å²) in [5, 5.41) is 22.9. The van der Waals surface area contributed by atoms with Crippen LogP contribution in [-0.2, 0) is 15.0 Å². The van der Waals surface area contributed by atoms with Crippen molar-refractivity contribution in [3.63, 3.8) is 0 Å². The Morgan fingerprint density at radius 3 is 1.34 bits per heavy atom. The fourth-order valence-corrected chi connectivity index (χ4v) is 7.03. The van der Waals surface area contributed by atoms with E-state index < -0.39 is 29.6 Å². The van der Waals surface area contributed by atoms with Crippen LogP contribution in [0.15, 0.2) is 121 Å². The van der Waals surface area contributed by atoms with Gasteiger partial charge in [-0.2, -0.15) is 0 Å². The van der Waals surface area contributed by atoms with Gasteiger partial charge in [0, 0.05) is 0 Å². The van der Waals surface area contributed by atoms with Gasteiger partial charge in [0.25, 0.3) is 0 Å². The van der Waals surface area contributed by atoms with Crippen molar-refractivity contribution in [2.45, 2.75) is 44.3 Å². The highest BCUT2D eigenvalue weighted by Crippen LogP contribution is 2.56. The fraction of sp³-hybridized carbons (Fsp3) is 0.171. The maximum Gasteiger partial charge on any atom is 0.344 e. The van der Waals surface area contributed by atoms with Crippen LogP contribution in [0.3, 0.4) is 0 Å². The van der Waals surface area contributed by atoms with Crippen molar-refractivity contribution in [3.8, 4) is 22.6 Å². The average Bonchev–Trinajstić information content (AvgIpc) is 3.40. The predicted molar refractivity (Wildman–Crippen MR) is 183 cm³/mol. The fourth-order valence-electron chi connectivity index (χ4n) is 7.03. The van der Waals surface area contributed by atoms with Gasteiger partial charge in [-0.05, 0) is 104 Å². The van der Waals surface area contributed by atoms with E-state index in [1.54, 1.807) is 13.8 Å². The zero-order chi connectivity index (χ0) is 32.7. The molecule has 1 aliphatic rings. The normalized spacial score (nSPS) is 14.3. The van der Waals surface area contributed by atoms with Crippen molar-refractivity contribution in [2.75, 3.05) is 0 Å². The second kappa shape index (κ2) is 12.0. The minimum absolute atomic E-state index is 0.370. The molecule has 6 aromatic carbocycles. The van der Waals surface area contributed by atoms with Crippen LogP contribution in [0.4, 0.5) is 0 Å². The van der Waals surface area contributed by atoms with Gasteiger partial charge in [-0.15, -0.1) is 0 Å². The zero-order valence-corrected chi connectivity index (χ0v) is 26.1. The predicted octanol–water partition coefficient (Wildman–Crippen LogP) is 8.84. The number of rotatable bonds is 10. The molecular weight excluding hydrogens is 588 g/mol. The van der Waals surface area contributed by atoms with Crippen LogP contribution in [-0.4, -0.2) is 34.4 Å². The number of carboxylic acid groups (broad SMARTS) is 2. The third kappa shape index (κ3) is 5.06. The Hall–Kier alpha value is -5.62. The van der Waals surface area contributed by atoms with Crippen LogP contribution in [0.2, 0.25) is 0 Å². The number of hydrogen-bond donors (Lipinski definition) is 2. The molecule has 0 saturated heterocycles. The van der Waals surface area contributed by atoms with Crippen molar-refractivity contribution < 1.29 is 29.3 Å². The lowest BCUT2D eigenvalue weighted by atomic mass is 9.67. The number of ether oxygens (including phenoxy) is 2. The van der Waals surface area contributed by atoms with Gasteiger partial charge in [-0.25, -0.2) is 9.59 Å². The molecule has 6 heteroatoms. The van der Waals surface area contributed by atoms with E-state index in [2.05, 4.69) is 84.9 Å². The Balaban J connectivity index is 1.40. The first-order valence-corrected chi connectivity index (χ1v) is 15.9. The number of hydrogen-bond acceptors (Lipinski definition) is 4. The molecule has 0 radical (unpaired) electrons. The standard InChI is InChI=1S/C41H34O6/c1-3-37(39(42)43)46-31-19-15-25-21-29(17-13-27(25)23-31)41(35-11-7-5-9-33(35)34-10-6-8-12-36(34)41)30-18-14-28-24-32(20-16-26(28)22-30)47-38(4-2)40(44)45/h5-24,37-38H,3-4H2,1-2H3,(H,42,43)(H,44,45). The Kier molecular flexibility index (Phi) is 7.64. The summed E-state index contributed by atoms with van der Waals surface area (Å²) in [6, 6.07) is 41.5. The number of benzene rings is 6. The van der Waals surface area contributed by atoms with Crippen molar-refractivity contribution in [2.24, 2.45) is 0 Å². The van der Waals surface area contributed by atoms with Crippen LogP contribution in [0.1, 0.15) is 48.9 Å². The Morgan fingerprint density at radius 1 is 0.553 bits per heavy atom. The summed E-state index contributed by atoms with van der Waals surface area (Å²) >= 11 is 0. The van der Waals surface area contributed by atoms with Crippen molar-refractivity contribution in [1.29, 1.82) is 0 Å². The molecule has 0 bridgehead atoms. The molecule has 6 aromatic rings. The van der Waals surface area contributed by atoms with Gasteiger partial charge in [-0.3, -0.25) is 0 Å². The summed E-state index contributed by atoms with van der Waals surface area (Å²) in [5.41, 5.74) is 6.37. The van der Waals surface area contributed by atoms with Gasteiger partial charge in [0.05, 0.1) is 5.41 Å². The van der Waals surface area contributed by atoms with E-state index in [1.807, 2.05) is 36.4 Å². The van der Waals surface area contributed by atoms with Crippen LogP contribution < -0.4 is 9.47 Å². The second-order valence-electron chi connectivity index (χ2n) is 12.0. The smallest absolute Gasteiger partial charge is 0.344 e. The number of aliphatic carboxylic acids is 2. The largest absolute Gasteiger partial charge is 0.479 e.